The van der Waals surface area contributed by atoms with Gasteiger partial charge in [0, 0.05) is 25.6 Å². The predicted octanol–water partition coefficient (Wildman–Crippen LogP) is 3.38. The molecule has 1 atom stereocenters. The number of carbonyl (C=O) groups excluding carboxylic acids is 2. The highest BCUT2D eigenvalue weighted by Gasteiger charge is 2.32. The van der Waals surface area contributed by atoms with Gasteiger partial charge in [-0.05, 0) is 42.3 Å². The Balaban J connectivity index is 2.03. The van der Waals surface area contributed by atoms with Gasteiger partial charge in [0.15, 0.2) is 0 Å². The molecule has 1 N–H and O–H groups in total. The number of amides is 2. The van der Waals surface area contributed by atoms with Crippen molar-refractivity contribution >= 4 is 27.5 Å². The molecule has 3 aromatic rings. The van der Waals surface area contributed by atoms with Gasteiger partial charge in [-0.3, -0.25) is 13.9 Å². The molecule has 0 spiro atoms. The third-order valence-electron chi connectivity index (χ3n) is 5.91. The van der Waals surface area contributed by atoms with Gasteiger partial charge in [-0.2, -0.15) is 0 Å². The second kappa shape index (κ2) is 13.0. The monoisotopic (exact) mass is 541 g/mol. The Bertz CT molecular complexity index is 1330. The fraction of sp³-hybridized carbons (Fsp3) is 0.286. The number of sulfonamides is 1. The molecule has 0 saturated heterocycles. The minimum atomic E-state index is -3.88. The van der Waals surface area contributed by atoms with E-state index in [2.05, 4.69) is 5.32 Å². The van der Waals surface area contributed by atoms with Gasteiger partial charge < -0.3 is 15.0 Å². The molecular weight excluding hydrogens is 509 g/mol. The highest BCUT2D eigenvalue weighted by atomic mass is 32.2. The minimum Gasteiger partial charge on any atom is -0.497 e. The van der Waals surface area contributed by atoms with Gasteiger partial charge in [-0.1, -0.05) is 48.5 Å². The second-order valence-electron chi connectivity index (χ2n) is 8.72. The van der Waals surface area contributed by atoms with E-state index in [1.54, 1.807) is 25.1 Å². The Hall–Kier alpha value is -3.92. The molecular formula is C28H32FN3O5S. The molecule has 0 heterocycles. The molecule has 0 aliphatic rings. The molecule has 0 aliphatic carbocycles. The number of halogens is 1. The standard InChI is InChI=1S/C28H32FN3O5S/c1-4-30-28(34)26(17-21-9-6-5-7-10-21)31(19-22-13-15-23(29)16-14-22)27(33)20-32(38(3,35)36)24-11-8-12-25(18-24)37-2/h5-16,18,26H,4,17,19-20H2,1-3H3,(H,30,34)/t26-/m0/s1. The van der Waals surface area contributed by atoms with Crippen LogP contribution in [0.1, 0.15) is 18.1 Å². The third-order valence-corrected chi connectivity index (χ3v) is 7.05. The molecule has 0 saturated carbocycles. The van der Waals surface area contributed by atoms with E-state index in [0.717, 1.165) is 16.1 Å². The minimum absolute atomic E-state index is 0.0243. The lowest BCUT2D eigenvalue weighted by Gasteiger charge is -2.33. The van der Waals surface area contributed by atoms with Crippen LogP contribution in [0, 0.1) is 5.82 Å². The number of ether oxygens (including phenoxy) is 1. The number of anilines is 1. The van der Waals surface area contributed by atoms with Gasteiger partial charge in [0.25, 0.3) is 0 Å². The fourth-order valence-corrected chi connectivity index (χ4v) is 4.85. The summed E-state index contributed by atoms with van der Waals surface area (Å²) >= 11 is 0. The summed E-state index contributed by atoms with van der Waals surface area (Å²) in [5.41, 5.74) is 1.67. The maximum atomic E-state index is 13.9. The molecule has 0 fully saturated rings. The van der Waals surface area contributed by atoms with Gasteiger partial charge in [-0.25, -0.2) is 12.8 Å². The van der Waals surface area contributed by atoms with Crippen molar-refractivity contribution < 1.29 is 27.1 Å². The number of benzene rings is 3. The highest BCUT2D eigenvalue weighted by Crippen LogP contribution is 2.24. The first-order valence-electron chi connectivity index (χ1n) is 12.1. The van der Waals surface area contributed by atoms with Crippen LogP contribution in [-0.2, 0) is 32.6 Å². The molecule has 3 aromatic carbocycles. The van der Waals surface area contributed by atoms with Crippen molar-refractivity contribution in [1.29, 1.82) is 0 Å². The number of likely N-dealkylation sites (N-methyl/N-ethyl adjacent to an activating group) is 1. The number of carbonyl (C=O) groups is 2. The van der Waals surface area contributed by atoms with Crippen LogP contribution in [0.3, 0.4) is 0 Å². The number of nitrogens with one attached hydrogen (secondary N) is 1. The Labute approximate surface area is 223 Å². The average Bonchev–Trinajstić information content (AvgIpc) is 2.90. The molecule has 0 aliphatic heterocycles. The maximum absolute atomic E-state index is 13.9. The largest absolute Gasteiger partial charge is 0.497 e. The van der Waals surface area contributed by atoms with Gasteiger partial charge in [0.2, 0.25) is 21.8 Å². The van der Waals surface area contributed by atoms with E-state index in [0.29, 0.717) is 17.9 Å². The van der Waals surface area contributed by atoms with Crippen molar-refractivity contribution in [2.24, 2.45) is 0 Å². The van der Waals surface area contributed by atoms with Crippen LogP contribution in [0.15, 0.2) is 78.9 Å². The first-order chi connectivity index (χ1) is 18.1. The fourth-order valence-electron chi connectivity index (χ4n) is 4.01. The molecule has 0 radical (unpaired) electrons. The lowest BCUT2D eigenvalue weighted by Crippen LogP contribution is -2.53. The smallest absolute Gasteiger partial charge is 0.244 e. The molecule has 0 aromatic heterocycles. The van der Waals surface area contributed by atoms with E-state index in [9.17, 15) is 22.4 Å². The van der Waals surface area contributed by atoms with Crippen molar-refractivity contribution in [3.05, 3.63) is 95.8 Å². The molecule has 0 bridgehead atoms. The number of nitrogens with zero attached hydrogens (tertiary/aromatic N) is 2. The van der Waals surface area contributed by atoms with Crippen LogP contribution in [0.4, 0.5) is 10.1 Å². The summed E-state index contributed by atoms with van der Waals surface area (Å²) in [6.07, 6.45) is 1.22. The summed E-state index contributed by atoms with van der Waals surface area (Å²) < 4.78 is 45.3. The first kappa shape index (κ1) is 28.6. The van der Waals surface area contributed by atoms with E-state index in [4.69, 9.17) is 4.74 Å². The van der Waals surface area contributed by atoms with Crippen molar-refractivity contribution in [3.8, 4) is 5.75 Å². The summed E-state index contributed by atoms with van der Waals surface area (Å²) in [7, 11) is -2.43. The van der Waals surface area contributed by atoms with Crippen molar-refractivity contribution in [1.82, 2.24) is 10.2 Å². The van der Waals surface area contributed by atoms with Crippen LogP contribution in [0.25, 0.3) is 0 Å². The van der Waals surface area contributed by atoms with Crippen molar-refractivity contribution in [2.75, 3.05) is 30.8 Å². The average molecular weight is 542 g/mol. The zero-order valence-corrected chi connectivity index (χ0v) is 22.4. The number of methoxy groups -OCH3 is 1. The Morgan fingerprint density at radius 2 is 1.66 bits per heavy atom. The van der Waals surface area contributed by atoms with Crippen LogP contribution in [0.5, 0.6) is 5.75 Å². The van der Waals surface area contributed by atoms with Gasteiger partial charge in [0.05, 0.1) is 19.1 Å². The number of hydrogen-bond acceptors (Lipinski definition) is 5. The maximum Gasteiger partial charge on any atom is 0.244 e. The molecule has 3 rings (SSSR count). The van der Waals surface area contributed by atoms with Crippen LogP contribution >= 0.6 is 0 Å². The summed E-state index contributed by atoms with van der Waals surface area (Å²) in [5.74, 6) is -0.970. The highest BCUT2D eigenvalue weighted by molar-refractivity contribution is 7.92. The topological polar surface area (TPSA) is 96.0 Å². The van der Waals surface area contributed by atoms with E-state index in [1.165, 1.54) is 42.3 Å². The van der Waals surface area contributed by atoms with Gasteiger partial charge >= 0.3 is 0 Å². The summed E-state index contributed by atoms with van der Waals surface area (Å²) in [4.78, 5) is 28.5. The van der Waals surface area contributed by atoms with Crippen molar-refractivity contribution in [2.45, 2.75) is 25.9 Å². The number of rotatable bonds is 12. The number of hydrogen-bond donors (Lipinski definition) is 1. The SMILES string of the molecule is CCNC(=O)[C@H](Cc1ccccc1)N(Cc1ccc(F)cc1)C(=O)CN(c1cccc(OC)c1)S(C)(=O)=O. The summed E-state index contributed by atoms with van der Waals surface area (Å²) in [5, 5.41) is 2.79. The second-order valence-corrected chi connectivity index (χ2v) is 10.6. The third kappa shape index (κ3) is 7.79. The van der Waals surface area contributed by atoms with E-state index >= 15 is 0 Å². The lowest BCUT2D eigenvalue weighted by atomic mass is 10.0. The quantitative estimate of drug-likeness (QED) is 0.379. The Kier molecular flexibility index (Phi) is 9.84. The molecule has 10 heteroatoms. The Morgan fingerprint density at radius 3 is 2.26 bits per heavy atom. The predicted molar refractivity (Wildman–Crippen MR) is 145 cm³/mol. The summed E-state index contributed by atoms with van der Waals surface area (Å²) in [6.45, 7) is 1.56. The Morgan fingerprint density at radius 1 is 0.974 bits per heavy atom. The zero-order valence-electron chi connectivity index (χ0n) is 21.6. The summed E-state index contributed by atoms with van der Waals surface area (Å²) in [6, 6.07) is 20.3. The molecule has 8 nitrogen and oxygen atoms in total. The normalized spacial score (nSPS) is 11.9. The molecule has 2 amide bonds. The van der Waals surface area contributed by atoms with Crippen molar-refractivity contribution in [3.63, 3.8) is 0 Å². The first-order valence-corrected chi connectivity index (χ1v) is 13.9. The molecule has 202 valence electrons. The van der Waals surface area contributed by atoms with Crippen LogP contribution in [0.2, 0.25) is 0 Å². The lowest BCUT2D eigenvalue weighted by molar-refractivity contribution is -0.140. The van der Waals surface area contributed by atoms with E-state index in [1.807, 2.05) is 30.3 Å². The van der Waals surface area contributed by atoms with Gasteiger partial charge in [-0.15, -0.1) is 0 Å². The van der Waals surface area contributed by atoms with E-state index in [-0.39, 0.29) is 24.6 Å². The zero-order chi connectivity index (χ0) is 27.7. The van der Waals surface area contributed by atoms with Crippen LogP contribution in [-0.4, -0.2) is 57.6 Å². The molecule has 38 heavy (non-hydrogen) atoms. The van der Waals surface area contributed by atoms with Gasteiger partial charge in [0.1, 0.15) is 24.2 Å². The van der Waals surface area contributed by atoms with E-state index < -0.39 is 34.3 Å². The molecule has 0 unspecified atom stereocenters. The van der Waals surface area contributed by atoms with Crippen LogP contribution < -0.4 is 14.4 Å².